The summed E-state index contributed by atoms with van der Waals surface area (Å²) in [5, 5.41) is 0.420. The number of halogens is 1. The maximum atomic E-state index is 11.6. The van der Waals surface area contributed by atoms with Crippen LogP contribution in [0.15, 0.2) is 18.2 Å². The van der Waals surface area contributed by atoms with Crippen LogP contribution in [-0.2, 0) is 4.79 Å². The molecule has 0 aliphatic carbocycles. The van der Waals surface area contributed by atoms with Crippen molar-refractivity contribution >= 4 is 29.5 Å². The normalized spacial score (nSPS) is 16.2. The van der Waals surface area contributed by atoms with Crippen molar-refractivity contribution < 1.29 is 9.59 Å². The highest BCUT2D eigenvalue weighted by Gasteiger charge is 2.21. The highest BCUT2D eigenvalue weighted by molar-refractivity contribution is 6.33. The molecule has 5 heteroatoms. The van der Waals surface area contributed by atoms with E-state index in [4.69, 9.17) is 11.6 Å². The molecule has 17 heavy (non-hydrogen) atoms. The SMILES string of the molecule is CN1CCN(c2ccc(C=O)c(Cl)c2)CC1=O. The molecule has 0 N–H and O–H groups in total. The summed E-state index contributed by atoms with van der Waals surface area (Å²) < 4.78 is 0. The first-order valence-corrected chi connectivity index (χ1v) is 5.73. The van der Waals surface area contributed by atoms with E-state index < -0.39 is 0 Å². The van der Waals surface area contributed by atoms with Gasteiger partial charge in [-0.2, -0.15) is 0 Å². The Kier molecular flexibility index (Phi) is 3.33. The van der Waals surface area contributed by atoms with Crippen LogP contribution in [0, 0.1) is 0 Å². The van der Waals surface area contributed by atoms with Gasteiger partial charge in [0.1, 0.15) is 0 Å². The quantitative estimate of drug-likeness (QED) is 0.748. The standard InChI is InChI=1S/C12H13ClN2O2/c1-14-4-5-15(7-12(14)17)10-3-2-9(8-16)11(13)6-10/h2-3,6,8H,4-5,7H2,1H3. The van der Waals surface area contributed by atoms with E-state index in [1.165, 1.54) is 0 Å². The molecule has 0 radical (unpaired) electrons. The minimum atomic E-state index is 0.0897. The summed E-state index contributed by atoms with van der Waals surface area (Å²) in [5.41, 5.74) is 1.35. The Hall–Kier alpha value is -1.55. The van der Waals surface area contributed by atoms with Crippen LogP contribution in [0.4, 0.5) is 5.69 Å². The monoisotopic (exact) mass is 252 g/mol. The Morgan fingerprint density at radius 1 is 1.35 bits per heavy atom. The molecule has 0 unspecified atom stereocenters. The fraction of sp³-hybridized carbons (Fsp3) is 0.333. The van der Waals surface area contributed by atoms with Gasteiger partial charge < -0.3 is 9.80 Å². The van der Waals surface area contributed by atoms with Crippen LogP contribution in [0.3, 0.4) is 0 Å². The zero-order valence-corrected chi connectivity index (χ0v) is 10.3. The highest BCUT2D eigenvalue weighted by Crippen LogP contribution is 2.23. The fourth-order valence-corrected chi connectivity index (χ4v) is 2.01. The Labute approximate surface area is 105 Å². The van der Waals surface area contributed by atoms with Crippen molar-refractivity contribution in [3.05, 3.63) is 28.8 Å². The maximum absolute atomic E-state index is 11.6. The molecule has 1 heterocycles. The first kappa shape index (κ1) is 11.9. The van der Waals surface area contributed by atoms with Gasteiger partial charge in [-0.05, 0) is 18.2 Å². The summed E-state index contributed by atoms with van der Waals surface area (Å²) in [6.07, 6.45) is 0.723. The summed E-state index contributed by atoms with van der Waals surface area (Å²) in [5.74, 6) is 0.0897. The number of aldehydes is 1. The molecule has 0 bridgehead atoms. The third-order valence-electron chi connectivity index (χ3n) is 2.93. The van der Waals surface area contributed by atoms with Crippen molar-refractivity contribution in [2.45, 2.75) is 0 Å². The molecule has 0 aromatic heterocycles. The summed E-state index contributed by atoms with van der Waals surface area (Å²) in [4.78, 5) is 25.9. The molecule has 0 saturated carbocycles. The lowest BCUT2D eigenvalue weighted by atomic mass is 10.2. The number of nitrogens with zero attached hydrogens (tertiary/aromatic N) is 2. The number of carbonyl (C=O) groups is 2. The average molecular weight is 253 g/mol. The van der Waals surface area contributed by atoms with Crippen LogP contribution in [-0.4, -0.2) is 43.8 Å². The van der Waals surface area contributed by atoms with Crippen molar-refractivity contribution in [1.82, 2.24) is 4.90 Å². The van der Waals surface area contributed by atoms with Crippen molar-refractivity contribution in [2.75, 3.05) is 31.6 Å². The van der Waals surface area contributed by atoms with Crippen molar-refractivity contribution in [2.24, 2.45) is 0 Å². The first-order valence-electron chi connectivity index (χ1n) is 5.35. The van der Waals surface area contributed by atoms with Crippen molar-refractivity contribution in [1.29, 1.82) is 0 Å². The molecule has 1 amide bonds. The number of hydrogen-bond donors (Lipinski definition) is 0. The van der Waals surface area contributed by atoms with E-state index in [0.717, 1.165) is 18.5 Å². The number of benzene rings is 1. The molecular formula is C12H13ClN2O2. The number of amides is 1. The Balaban J connectivity index is 2.20. The molecule has 1 aromatic rings. The summed E-state index contributed by atoms with van der Waals surface area (Å²) >= 11 is 5.96. The van der Waals surface area contributed by atoms with Crippen LogP contribution in [0.5, 0.6) is 0 Å². The van der Waals surface area contributed by atoms with Gasteiger partial charge in [-0.25, -0.2) is 0 Å². The number of rotatable bonds is 2. The number of likely N-dealkylation sites (N-methyl/N-ethyl adjacent to an activating group) is 1. The van der Waals surface area contributed by atoms with Gasteiger partial charge in [-0.1, -0.05) is 11.6 Å². The zero-order chi connectivity index (χ0) is 12.4. The smallest absolute Gasteiger partial charge is 0.241 e. The van der Waals surface area contributed by atoms with Crippen LogP contribution >= 0.6 is 11.6 Å². The van der Waals surface area contributed by atoms with Gasteiger partial charge >= 0.3 is 0 Å². The van der Waals surface area contributed by atoms with E-state index in [-0.39, 0.29) is 5.91 Å². The molecular weight excluding hydrogens is 240 g/mol. The fourth-order valence-electron chi connectivity index (χ4n) is 1.79. The lowest BCUT2D eigenvalue weighted by Crippen LogP contribution is -2.48. The molecule has 1 saturated heterocycles. The second-order valence-corrected chi connectivity index (χ2v) is 4.47. The third-order valence-corrected chi connectivity index (χ3v) is 3.26. The molecule has 1 fully saturated rings. The molecule has 2 rings (SSSR count). The topological polar surface area (TPSA) is 40.6 Å². The summed E-state index contributed by atoms with van der Waals surface area (Å²) in [7, 11) is 1.79. The molecule has 1 aliphatic rings. The second kappa shape index (κ2) is 4.75. The van der Waals surface area contributed by atoms with Gasteiger partial charge in [-0.3, -0.25) is 9.59 Å². The maximum Gasteiger partial charge on any atom is 0.241 e. The summed E-state index contributed by atoms with van der Waals surface area (Å²) in [6.45, 7) is 1.83. The van der Waals surface area contributed by atoms with E-state index in [1.54, 1.807) is 24.1 Å². The zero-order valence-electron chi connectivity index (χ0n) is 9.52. The summed E-state index contributed by atoms with van der Waals surface area (Å²) in [6, 6.07) is 5.21. The Morgan fingerprint density at radius 3 is 2.71 bits per heavy atom. The minimum absolute atomic E-state index is 0.0897. The number of carbonyl (C=O) groups excluding carboxylic acids is 2. The van der Waals surface area contributed by atoms with E-state index >= 15 is 0 Å². The lowest BCUT2D eigenvalue weighted by Gasteiger charge is -2.33. The van der Waals surface area contributed by atoms with Crippen LogP contribution < -0.4 is 4.90 Å². The highest BCUT2D eigenvalue weighted by atomic mass is 35.5. The van der Waals surface area contributed by atoms with Gasteiger partial charge in [-0.15, -0.1) is 0 Å². The number of hydrogen-bond acceptors (Lipinski definition) is 3. The van der Waals surface area contributed by atoms with E-state index in [2.05, 4.69) is 0 Å². The van der Waals surface area contributed by atoms with Crippen LogP contribution in [0.25, 0.3) is 0 Å². The molecule has 90 valence electrons. The Morgan fingerprint density at radius 2 is 2.12 bits per heavy atom. The van der Waals surface area contributed by atoms with Gasteiger partial charge in [0.2, 0.25) is 5.91 Å². The van der Waals surface area contributed by atoms with E-state index in [9.17, 15) is 9.59 Å². The van der Waals surface area contributed by atoms with Crippen molar-refractivity contribution in [3.8, 4) is 0 Å². The predicted octanol–water partition coefficient (Wildman–Crippen LogP) is 1.43. The molecule has 1 aromatic carbocycles. The van der Waals surface area contributed by atoms with Gasteiger partial charge in [0, 0.05) is 31.4 Å². The Bertz CT molecular complexity index is 462. The van der Waals surface area contributed by atoms with Crippen molar-refractivity contribution in [3.63, 3.8) is 0 Å². The lowest BCUT2D eigenvalue weighted by molar-refractivity contribution is -0.129. The first-order chi connectivity index (χ1) is 8.11. The third kappa shape index (κ3) is 2.42. The van der Waals surface area contributed by atoms with Crippen LogP contribution in [0.1, 0.15) is 10.4 Å². The average Bonchev–Trinajstić information content (AvgIpc) is 2.32. The minimum Gasteiger partial charge on any atom is -0.360 e. The van der Waals surface area contributed by atoms with Gasteiger partial charge in [0.15, 0.2) is 6.29 Å². The number of anilines is 1. The van der Waals surface area contributed by atoms with E-state index in [1.807, 2.05) is 11.0 Å². The molecule has 0 atom stereocenters. The van der Waals surface area contributed by atoms with Gasteiger partial charge in [0.25, 0.3) is 0 Å². The van der Waals surface area contributed by atoms with E-state index in [0.29, 0.717) is 23.7 Å². The number of piperazine rings is 1. The predicted molar refractivity (Wildman–Crippen MR) is 66.7 cm³/mol. The molecule has 4 nitrogen and oxygen atoms in total. The largest absolute Gasteiger partial charge is 0.360 e. The van der Waals surface area contributed by atoms with Crippen LogP contribution in [0.2, 0.25) is 5.02 Å². The molecule has 1 aliphatic heterocycles. The van der Waals surface area contributed by atoms with Gasteiger partial charge in [0.05, 0.1) is 11.6 Å². The molecule has 0 spiro atoms. The second-order valence-electron chi connectivity index (χ2n) is 4.06.